The van der Waals surface area contributed by atoms with Crippen LogP contribution in [0.2, 0.25) is 0 Å². The van der Waals surface area contributed by atoms with E-state index in [2.05, 4.69) is 27.3 Å². The molecular weight excluding hydrogens is 390 g/mol. The molecule has 9 heteroatoms. The molecule has 0 saturated carbocycles. The van der Waals surface area contributed by atoms with Crippen LogP contribution in [-0.4, -0.2) is 60.2 Å². The van der Waals surface area contributed by atoms with Gasteiger partial charge in [-0.15, -0.1) is 10.2 Å². The van der Waals surface area contributed by atoms with Crippen LogP contribution in [0.3, 0.4) is 0 Å². The van der Waals surface area contributed by atoms with Gasteiger partial charge in [-0.25, -0.2) is 0 Å². The molecule has 1 aromatic carbocycles. The molecular formula is C20H27N5O3S. The molecule has 0 spiro atoms. The molecule has 1 aliphatic heterocycles. The second kappa shape index (κ2) is 10.2. The minimum atomic E-state index is -0.201. The summed E-state index contributed by atoms with van der Waals surface area (Å²) >= 11 is 1.38. The zero-order chi connectivity index (χ0) is 20.6. The number of anilines is 2. The third kappa shape index (κ3) is 5.90. The molecule has 29 heavy (non-hydrogen) atoms. The first kappa shape index (κ1) is 21.0. The van der Waals surface area contributed by atoms with Gasteiger partial charge in [-0.3, -0.25) is 9.59 Å². The molecule has 0 unspecified atom stereocenters. The predicted molar refractivity (Wildman–Crippen MR) is 114 cm³/mol. The minimum absolute atomic E-state index is 0.00868. The second-order valence-electron chi connectivity index (χ2n) is 6.87. The van der Waals surface area contributed by atoms with Crippen LogP contribution >= 0.6 is 11.3 Å². The van der Waals surface area contributed by atoms with E-state index in [1.807, 2.05) is 29.2 Å². The van der Waals surface area contributed by atoms with Crippen LogP contribution in [0.1, 0.15) is 31.2 Å². The van der Waals surface area contributed by atoms with Gasteiger partial charge in [-0.05, 0) is 18.6 Å². The lowest BCUT2D eigenvalue weighted by atomic mass is 10.2. The van der Waals surface area contributed by atoms with E-state index in [4.69, 9.17) is 4.74 Å². The number of aromatic nitrogens is 2. The van der Waals surface area contributed by atoms with Gasteiger partial charge in [0.15, 0.2) is 0 Å². The van der Waals surface area contributed by atoms with Gasteiger partial charge in [0.2, 0.25) is 16.9 Å². The van der Waals surface area contributed by atoms with Crippen molar-refractivity contribution in [3.63, 3.8) is 0 Å². The number of hydrogen-bond donors (Lipinski definition) is 1. The van der Waals surface area contributed by atoms with Gasteiger partial charge in [-0.2, -0.15) is 0 Å². The first-order valence-corrected chi connectivity index (χ1v) is 10.7. The van der Waals surface area contributed by atoms with Crippen molar-refractivity contribution in [2.24, 2.45) is 0 Å². The van der Waals surface area contributed by atoms with Crippen molar-refractivity contribution >= 4 is 34.0 Å². The van der Waals surface area contributed by atoms with E-state index in [0.717, 1.165) is 42.4 Å². The Morgan fingerprint density at radius 1 is 1.17 bits per heavy atom. The summed E-state index contributed by atoms with van der Waals surface area (Å²) in [6, 6.07) is 7.93. The number of nitrogens with one attached hydrogen (secondary N) is 1. The van der Waals surface area contributed by atoms with E-state index in [-0.39, 0.29) is 24.7 Å². The molecule has 1 fully saturated rings. The van der Waals surface area contributed by atoms with Crippen molar-refractivity contribution in [3.8, 4) is 5.75 Å². The molecule has 0 atom stereocenters. The Balaban J connectivity index is 1.41. The van der Waals surface area contributed by atoms with Crippen molar-refractivity contribution in [1.82, 2.24) is 15.1 Å². The molecule has 2 heterocycles. The van der Waals surface area contributed by atoms with Crippen LogP contribution in [0.5, 0.6) is 5.75 Å². The number of carbonyl (C=O) groups excluding carboxylic acids is 2. The molecule has 3 rings (SSSR count). The molecule has 1 aromatic heterocycles. The average Bonchev–Trinajstić information content (AvgIpc) is 3.19. The highest BCUT2D eigenvalue weighted by molar-refractivity contribution is 7.15. The molecule has 0 aliphatic carbocycles. The SMILES string of the molecule is CCCc1nnc(NC(=O)CCC(=O)N2CCN(c3cccc(OC)c3)CC2)s1. The van der Waals surface area contributed by atoms with Gasteiger partial charge in [0, 0.05) is 57.2 Å². The van der Waals surface area contributed by atoms with E-state index < -0.39 is 0 Å². The second-order valence-corrected chi connectivity index (χ2v) is 7.93. The van der Waals surface area contributed by atoms with E-state index in [0.29, 0.717) is 18.2 Å². The van der Waals surface area contributed by atoms with Crippen LogP contribution in [-0.2, 0) is 16.0 Å². The maximum absolute atomic E-state index is 12.5. The zero-order valence-corrected chi connectivity index (χ0v) is 17.7. The lowest BCUT2D eigenvalue weighted by molar-refractivity contribution is -0.133. The fourth-order valence-electron chi connectivity index (χ4n) is 3.20. The fourth-order valence-corrected chi connectivity index (χ4v) is 4.06. The Kier molecular flexibility index (Phi) is 7.40. The van der Waals surface area contributed by atoms with E-state index >= 15 is 0 Å². The summed E-state index contributed by atoms with van der Waals surface area (Å²) in [5.74, 6) is 0.631. The average molecular weight is 418 g/mol. The number of ether oxygens (including phenoxy) is 1. The highest BCUT2D eigenvalue weighted by Gasteiger charge is 2.22. The van der Waals surface area contributed by atoms with Gasteiger partial charge in [-0.1, -0.05) is 24.3 Å². The maximum Gasteiger partial charge on any atom is 0.226 e. The molecule has 2 amide bonds. The monoisotopic (exact) mass is 417 g/mol. The summed E-state index contributed by atoms with van der Waals surface area (Å²) in [4.78, 5) is 28.6. The third-order valence-electron chi connectivity index (χ3n) is 4.79. The molecule has 1 N–H and O–H groups in total. The lowest BCUT2D eigenvalue weighted by Gasteiger charge is -2.36. The van der Waals surface area contributed by atoms with Crippen LogP contribution in [0, 0.1) is 0 Å². The summed E-state index contributed by atoms with van der Waals surface area (Å²) in [5, 5.41) is 12.1. The lowest BCUT2D eigenvalue weighted by Crippen LogP contribution is -2.48. The maximum atomic E-state index is 12.5. The standard InChI is InChI=1S/C20H27N5O3S/c1-3-5-18-22-23-20(29-18)21-17(26)8-9-19(27)25-12-10-24(11-13-25)15-6-4-7-16(14-15)28-2/h4,6-7,14H,3,5,8-13H2,1-2H3,(H,21,23,26). The summed E-state index contributed by atoms with van der Waals surface area (Å²) in [7, 11) is 1.65. The Labute approximate surface area is 174 Å². The normalized spacial score (nSPS) is 14.0. The summed E-state index contributed by atoms with van der Waals surface area (Å²) < 4.78 is 5.28. The topological polar surface area (TPSA) is 87.7 Å². The summed E-state index contributed by atoms with van der Waals surface area (Å²) in [6.45, 7) is 4.89. The predicted octanol–water partition coefficient (Wildman–Crippen LogP) is 2.57. The molecule has 1 aliphatic rings. The molecule has 156 valence electrons. The number of benzene rings is 1. The number of nitrogens with zero attached hydrogens (tertiary/aromatic N) is 4. The molecule has 8 nitrogen and oxygen atoms in total. The third-order valence-corrected chi connectivity index (χ3v) is 5.69. The van der Waals surface area contributed by atoms with E-state index in [1.165, 1.54) is 11.3 Å². The van der Waals surface area contributed by atoms with Crippen LogP contribution < -0.4 is 15.0 Å². The number of aryl methyl sites for hydroxylation is 1. The molecule has 0 bridgehead atoms. The van der Waals surface area contributed by atoms with Crippen molar-refractivity contribution in [3.05, 3.63) is 29.3 Å². The van der Waals surface area contributed by atoms with Gasteiger partial charge in [0.1, 0.15) is 10.8 Å². The Hall–Kier alpha value is -2.68. The number of rotatable bonds is 8. The number of methoxy groups -OCH3 is 1. The minimum Gasteiger partial charge on any atom is -0.497 e. The summed E-state index contributed by atoms with van der Waals surface area (Å²) in [5.41, 5.74) is 1.09. The summed E-state index contributed by atoms with van der Waals surface area (Å²) in [6.07, 6.45) is 2.19. The highest BCUT2D eigenvalue weighted by atomic mass is 32.1. The van der Waals surface area contributed by atoms with Crippen molar-refractivity contribution in [1.29, 1.82) is 0 Å². The number of piperazine rings is 1. The largest absolute Gasteiger partial charge is 0.497 e. The highest BCUT2D eigenvalue weighted by Crippen LogP contribution is 2.22. The van der Waals surface area contributed by atoms with Crippen molar-refractivity contribution in [2.75, 3.05) is 43.5 Å². The molecule has 0 radical (unpaired) electrons. The van der Waals surface area contributed by atoms with Crippen LogP contribution in [0.25, 0.3) is 0 Å². The number of carbonyl (C=O) groups is 2. The number of amides is 2. The van der Waals surface area contributed by atoms with Crippen molar-refractivity contribution < 1.29 is 14.3 Å². The number of hydrogen-bond acceptors (Lipinski definition) is 7. The van der Waals surface area contributed by atoms with Gasteiger partial charge >= 0.3 is 0 Å². The van der Waals surface area contributed by atoms with E-state index in [9.17, 15) is 9.59 Å². The Morgan fingerprint density at radius 2 is 1.97 bits per heavy atom. The van der Waals surface area contributed by atoms with Gasteiger partial charge in [0.25, 0.3) is 0 Å². The van der Waals surface area contributed by atoms with Crippen molar-refractivity contribution in [2.45, 2.75) is 32.6 Å². The van der Waals surface area contributed by atoms with Gasteiger partial charge < -0.3 is 19.9 Å². The van der Waals surface area contributed by atoms with Crippen LogP contribution in [0.4, 0.5) is 10.8 Å². The molecule has 1 saturated heterocycles. The van der Waals surface area contributed by atoms with E-state index in [1.54, 1.807) is 7.11 Å². The molecule has 2 aromatic rings. The van der Waals surface area contributed by atoms with Gasteiger partial charge in [0.05, 0.1) is 7.11 Å². The zero-order valence-electron chi connectivity index (χ0n) is 16.9. The quantitative estimate of drug-likeness (QED) is 0.710. The first-order valence-electron chi connectivity index (χ1n) is 9.88. The fraction of sp³-hybridized carbons (Fsp3) is 0.500. The van der Waals surface area contributed by atoms with Crippen LogP contribution in [0.15, 0.2) is 24.3 Å². The Bertz CT molecular complexity index is 833. The first-order chi connectivity index (χ1) is 14.1. The smallest absolute Gasteiger partial charge is 0.226 e. The Morgan fingerprint density at radius 3 is 2.69 bits per heavy atom.